The number of carbonyl (C=O) groups excluding carboxylic acids is 1. The van der Waals surface area contributed by atoms with Crippen molar-refractivity contribution < 1.29 is 23.7 Å². The Labute approximate surface area is 115 Å². The molecule has 1 saturated carbocycles. The minimum Gasteiger partial charge on any atom is -0.382 e. The van der Waals surface area contributed by atoms with Gasteiger partial charge in [-0.25, -0.2) is 0 Å². The van der Waals surface area contributed by atoms with E-state index in [1.807, 2.05) is 13.8 Å². The summed E-state index contributed by atoms with van der Waals surface area (Å²) in [6, 6.07) is 0. The molecule has 0 spiro atoms. The van der Waals surface area contributed by atoms with Gasteiger partial charge in [-0.05, 0) is 6.42 Å². The molecule has 1 rings (SSSR count). The first-order valence-corrected chi connectivity index (χ1v) is 6.94. The second-order valence-corrected chi connectivity index (χ2v) is 4.98. The fourth-order valence-corrected chi connectivity index (χ4v) is 2.06. The zero-order valence-electron chi connectivity index (χ0n) is 12.3. The Morgan fingerprint density at radius 3 is 2.21 bits per heavy atom. The molecule has 0 amide bonds. The predicted molar refractivity (Wildman–Crippen MR) is 71.3 cm³/mol. The van der Waals surface area contributed by atoms with E-state index in [0.717, 1.165) is 6.42 Å². The smallest absolute Gasteiger partial charge is 0.143 e. The number of methoxy groups -OCH3 is 1. The van der Waals surface area contributed by atoms with Gasteiger partial charge in [-0.3, -0.25) is 4.79 Å². The molecular formula is C14H26O5. The predicted octanol–water partition coefficient (Wildman–Crippen LogP) is 1.44. The molecule has 0 aromatic heterocycles. The van der Waals surface area contributed by atoms with Crippen LogP contribution >= 0.6 is 0 Å². The number of ketones is 1. The topological polar surface area (TPSA) is 54.0 Å². The molecule has 112 valence electrons. The van der Waals surface area contributed by atoms with Crippen LogP contribution in [-0.2, 0) is 23.7 Å². The number of Topliss-reactive ketones (excluding diaryl/α,β-unsaturated/α-hetero) is 1. The molecule has 1 fully saturated rings. The van der Waals surface area contributed by atoms with Gasteiger partial charge < -0.3 is 18.9 Å². The molecule has 0 radical (unpaired) electrons. The molecule has 5 nitrogen and oxygen atoms in total. The van der Waals surface area contributed by atoms with E-state index in [0.29, 0.717) is 51.8 Å². The summed E-state index contributed by atoms with van der Waals surface area (Å²) < 4.78 is 21.2. The lowest BCUT2D eigenvalue weighted by atomic mass is 9.64. The Bertz CT molecular complexity index is 269. The molecule has 0 aromatic carbocycles. The first-order chi connectivity index (χ1) is 9.15. The minimum atomic E-state index is -0.275. The zero-order chi connectivity index (χ0) is 14.1. The Balaban J connectivity index is 1.93. The van der Waals surface area contributed by atoms with E-state index in [1.54, 1.807) is 7.11 Å². The van der Waals surface area contributed by atoms with Gasteiger partial charge in [0, 0.05) is 13.5 Å². The third-order valence-corrected chi connectivity index (χ3v) is 3.80. The largest absolute Gasteiger partial charge is 0.382 e. The summed E-state index contributed by atoms with van der Waals surface area (Å²) in [4.78, 5) is 11.5. The summed E-state index contributed by atoms with van der Waals surface area (Å²) in [5.74, 6) is 0.312. The monoisotopic (exact) mass is 274 g/mol. The van der Waals surface area contributed by atoms with Crippen molar-refractivity contribution in [3.05, 3.63) is 0 Å². The van der Waals surface area contributed by atoms with E-state index in [-0.39, 0.29) is 11.5 Å². The van der Waals surface area contributed by atoms with Gasteiger partial charge in [0.05, 0.1) is 51.2 Å². The summed E-state index contributed by atoms with van der Waals surface area (Å²) in [6.45, 7) is 7.41. The Morgan fingerprint density at radius 1 is 1.11 bits per heavy atom. The lowest BCUT2D eigenvalue weighted by Crippen LogP contribution is -2.53. The molecule has 0 N–H and O–H groups in total. The average molecular weight is 274 g/mol. The van der Waals surface area contributed by atoms with Gasteiger partial charge in [-0.15, -0.1) is 0 Å². The van der Waals surface area contributed by atoms with Crippen molar-refractivity contribution >= 4 is 5.78 Å². The third-order valence-electron chi connectivity index (χ3n) is 3.80. The SMILES string of the molecule is CCC1(C)C(=O)CC1OCCOCCOCCOC. The Morgan fingerprint density at radius 2 is 1.68 bits per heavy atom. The molecule has 0 saturated heterocycles. The van der Waals surface area contributed by atoms with Gasteiger partial charge in [-0.2, -0.15) is 0 Å². The standard InChI is InChI=1S/C14H26O5/c1-4-14(2)12(15)11-13(14)19-10-9-18-8-7-17-6-5-16-3/h13H,4-11H2,1-3H3. The highest BCUT2D eigenvalue weighted by Gasteiger charge is 2.50. The number of ether oxygens (including phenoxy) is 4. The van der Waals surface area contributed by atoms with Gasteiger partial charge in [0.1, 0.15) is 5.78 Å². The van der Waals surface area contributed by atoms with Gasteiger partial charge in [0.25, 0.3) is 0 Å². The van der Waals surface area contributed by atoms with Gasteiger partial charge in [-0.1, -0.05) is 13.8 Å². The van der Waals surface area contributed by atoms with Crippen LogP contribution in [-0.4, -0.2) is 58.6 Å². The summed E-state index contributed by atoms with van der Waals surface area (Å²) >= 11 is 0. The average Bonchev–Trinajstić information content (AvgIpc) is 2.43. The van der Waals surface area contributed by atoms with Crippen molar-refractivity contribution in [2.75, 3.05) is 46.8 Å². The van der Waals surface area contributed by atoms with Crippen LogP contribution in [0, 0.1) is 5.41 Å². The van der Waals surface area contributed by atoms with E-state index < -0.39 is 0 Å². The molecule has 19 heavy (non-hydrogen) atoms. The van der Waals surface area contributed by atoms with Crippen molar-refractivity contribution in [3.63, 3.8) is 0 Å². The highest BCUT2D eigenvalue weighted by molar-refractivity contribution is 5.91. The molecule has 0 heterocycles. The van der Waals surface area contributed by atoms with Crippen LogP contribution < -0.4 is 0 Å². The first kappa shape index (κ1) is 16.6. The van der Waals surface area contributed by atoms with E-state index in [4.69, 9.17) is 18.9 Å². The quantitative estimate of drug-likeness (QED) is 0.534. The Hall–Kier alpha value is -0.490. The number of hydrogen-bond acceptors (Lipinski definition) is 5. The van der Waals surface area contributed by atoms with Gasteiger partial charge >= 0.3 is 0 Å². The number of rotatable bonds is 11. The number of hydrogen-bond donors (Lipinski definition) is 0. The van der Waals surface area contributed by atoms with E-state index >= 15 is 0 Å². The lowest BCUT2D eigenvalue weighted by Gasteiger charge is -2.44. The van der Waals surface area contributed by atoms with E-state index in [2.05, 4.69) is 0 Å². The third kappa shape index (κ3) is 4.84. The molecule has 2 unspecified atom stereocenters. The van der Waals surface area contributed by atoms with Crippen LogP contribution in [0.15, 0.2) is 0 Å². The van der Waals surface area contributed by atoms with Crippen molar-refractivity contribution in [3.8, 4) is 0 Å². The molecule has 0 aromatic rings. The van der Waals surface area contributed by atoms with Crippen molar-refractivity contribution in [2.45, 2.75) is 32.8 Å². The van der Waals surface area contributed by atoms with Crippen LogP contribution in [0.5, 0.6) is 0 Å². The minimum absolute atomic E-state index is 0.0616. The zero-order valence-corrected chi connectivity index (χ0v) is 12.3. The second kappa shape index (κ2) is 8.64. The van der Waals surface area contributed by atoms with Gasteiger partial charge in [0.2, 0.25) is 0 Å². The summed E-state index contributed by atoms with van der Waals surface area (Å²) in [5, 5.41) is 0. The molecule has 0 bridgehead atoms. The molecular weight excluding hydrogens is 248 g/mol. The molecule has 1 aliphatic rings. The maximum atomic E-state index is 11.5. The lowest BCUT2D eigenvalue weighted by molar-refractivity contribution is -0.163. The van der Waals surface area contributed by atoms with E-state index in [9.17, 15) is 4.79 Å². The summed E-state index contributed by atoms with van der Waals surface area (Å²) in [6.07, 6.45) is 1.45. The normalized spacial score (nSPS) is 26.5. The fraction of sp³-hybridized carbons (Fsp3) is 0.929. The van der Waals surface area contributed by atoms with E-state index in [1.165, 1.54) is 0 Å². The highest BCUT2D eigenvalue weighted by Crippen LogP contribution is 2.42. The number of carbonyl (C=O) groups is 1. The van der Waals surface area contributed by atoms with Crippen molar-refractivity contribution in [2.24, 2.45) is 5.41 Å². The summed E-state index contributed by atoms with van der Waals surface area (Å²) in [5.41, 5.74) is -0.275. The second-order valence-electron chi connectivity index (χ2n) is 4.98. The Kier molecular flexibility index (Phi) is 7.53. The van der Waals surface area contributed by atoms with Crippen molar-refractivity contribution in [1.29, 1.82) is 0 Å². The molecule has 0 aliphatic heterocycles. The first-order valence-electron chi connectivity index (χ1n) is 6.94. The summed E-state index contributed by atoms with van der Waals surface area (Å²) in [7, 11) is 1.65. The van der Waals surface area contributed by atoms with Gasteiger partial charge in [0.15, 0.2) is 0 Å². The molecule has 1 aliphatic carbocycles. The van der Waals surface area contributed by atoms with Crippen LogP contribution in [0.1, 0.15) is 26.7 Å². The van der Waals surface area contributed by atoms with Crippen LogP contribution in [0.25, 0.3) is 0 Å². The fourth-order valence-electron chi connectivity index (χ4n) is 2.06. The van der Waals surface area contributed by atoms with Crippen LogP contribution in [0.2, 0.25) is 0 Å². The maximum Gasteiger partial charge on any atom is 0.143 e. The maximum absolute atomic E-state index is 11.5. The van der Waals surface area contributed by atoms with Crippen molar-refractivity contribution in [1.82, 2.24) is 0 Å². The van der Waals surface area contributed by atoms with Crippen LogP contribution in [0.4, 0.5) is 0 Å². The molecule has 2 atom stereocenters. The highest BCUT2D eigenvalue weighted by atomic mass is 16.6. The molecule has 5 heteroatoms. The van der Waals surface area contributed by atoms with Crippen LogP contribution in [0.3, 0.4) is 0 Å².